The molecule has 3 heteroatoms. The molecule has 0 bridgehead atoms. The number of allylic oxidation sites excluding steroid dienone is 3. The molecule has 1 aliphatic carbocycles. The van der Waals surface area contributed by atoms with E-state index in [4.69, 9.17) is 5.41 Å². The highest BCUT2D eigenvalue weighted by atomic mass is 16.1. The molecule has 0 radical (unpaired) electrons. The third-order valence-corrected chi connectivity index (χ3v) is 4.38. The van der Waals surface area contributed by atoms with Gasteiger partial charge in [-0.25, -0.2) is 0 Å². The Balaban J connectivity index is 2.27. The predicted octanol–water partition coefficient (Wildman–Crippen LogP) is 4.68. The molecule has 130 valence electrons. The Kier molecular flexibility index (Phi) is 9.77. The van der Waals surface area contributed by atoms with Crippen molar-refractivity contribution in [2.45, 2.75) is 65.7 Å². The topological polar surface area (TPSA) is 53.0 Å². The van der Waals surface area contributed by atoms with Crippen LogP contribution in [0.25, 0.3) is 0 Å². The lowest BCUT2D eigenvalue weighted by Crippen LogP contribution is -2.17. The number of carbonyl (C=O) groups excluding carboxylic acids is 1. The summed E-state index contributed by atoms with van der Waals surface area (Å²) in [6.45, 7) is 8.68. The van der Waals surface area contributed by atoms with Crippen molar-refractivity contribution < 1.29 is 4.79 Å². The van der Waals surface area contributed by atoms with Crippen LogP contribution in [0.5, 0.6) is 0 Å². The van der Waals surface area contributed by atoms with Gasteiger partial charge in [0.05, 0.1) is 5.71 Å². The summed E-state index contributed by atoms with van der Waals surface area (Å²) < 4.78 is 0. The molecule has 0 aliphatic heterocycles. The fourth-order valence-electron chi connectivity index (χ4n) is 2.85. The Morgan fingerprint density at radius 3 is 2.52 bits per heavy atom. The molecule has 1 rings (SSSR count). The molecule has 0 saturated heterocycles. The lowest BCUT2D eigenvalue weighted by Gasteiger charge is -2.12. The van der Waals surface area contributed by atoms with E-state index in [0.717, 1.165) is 25.4 Å². The highest BCUT2D eigenvalue weighted by Gasteiger charge is 2.27. The number of unbranched alkanes of at least 4 members (excludes halogenated alkanes) is 2. The van der Waals surface area contributed by atoms with E-state index < -0.39 is 0 Å². The van der Waals surface area contributed by atoms with Crippen molar-refractivity contribution in [3.63, 3.8) is 0 Å². The molecule has 0 heterocycles. The molecular formula is C20H34N2O. The van der Waals surface area contributed by atoms with E-state index in [1.165, 1.54) is 49.7 Å². The Morgan fingerprint density at radius 1 is 1.22 bits per heavy atom. The summed E-state index contributed by atoms with van der Waals surface area (Å²) in [7, 11) is 0. The first-order chi connectivity index (χ1) is 11.1. The summed E-state index contributed by atoms with van der Waals surface area (Å²) in [6, 6.07) is 0. The van der Waals surface area contributed by atoms with Crippen LogP contribution in [0.1, 0.15) is 65.7 Å². The van der Waals surface area contributed by atoms with Gasteiger partial charge in [-0.15, -0.1) is 0 Å². The van der Waals surface area contributed by atoms with Gasteiger partial charge in [0.2, 0.25) is 0 Å². The number of hydrogen-bond donors (Lipinski definition) is 2. The fourth-order valence-corrected chi connectivity index (χ4v) is 2.85. The van der Waals surface area contributed by atoms with E-state index in [2.05, 4.69) is 32.2 Å². The maximum absolute atomic E-state index is 10.7. The number of aldehydes is 1. The summed E-state index contributed by atoms with van der Waals surface area (Å²) >= 11 is 0. The zero-order chi connectivity index (χ0) is 17.1. The van der Waals surface area contributed by atoms with Gasteiger partial charge in [0, 0.05) is 0 Å². The SMILES string of the molecule is C/C=C(CCNCCCCCC(C)C)\C(=C/C(=N)C=O)C1CC1. The molecule has 0 aromatic carbocycles. The van der Waals surface area contributed by atoms with Crippen molar-refractivity contribution in [1.82, 2.24) is 5.32 Å². The van der Waals surface area contributed by atoms with E-state index in [1.54, 1.807) is 6.08 Å². The van der Waals surface area contributed by atoms with Crippen LogP contribution < -0.4 is 5.32 Å². The van der Waals surface area contributed by atoms with Crippen molar-refractivity contribution in [2.24, 2.45) is 11.8 Å². The normalized spacial score (nSPS) is 16.0. The third kappa shape index (κ3) is 8.85. The minimum atomic E-state index is 0.0874. The summed E-state index contributed by atoms with van der Waals surface area (Å²) in [6.07, 6.45) is 13.1. The summed E-state index contributed by atoms with van der Waals surface area (Å²) in [5.74, 6) is 1.38. The second-order valence-electron chi connectivity index (χ2n) is 7.00. The Morgan fingerprint density at radius 2 is 1.96 bits per heavy atom. The van der Waals surface area contributed by atoms with Crippen molar-refractivity contribution >= 4 is 12.0 Å². The maximum atomic E-state index is 10.7. The number of hydrogen-bond acceptors (Lipinski definition) is 3. The second kappa shape index (κ2) is 11.3. The van der Waals surface area contributed by atoms with Crippen LogP contribution in [0, 0.1) is 17.2 Å². The largest absolute Gasteiger partial charge is 0.316 e. The molecule has 0 spiro atoms. The smallest absolute Gasteiger partial charge is 0.167 e. The summed E-state index contributed by atoms with van der Waals surface area (Å²) in [4.78, 5) is 10.7. The van der Waals surface area contributed by atoms with Crippen LogP contribution in [-0.4, -0.2) is 25.1 Å². The predicted molar refractivity (Wildman–Crippen MR) is 99.1 cm³/mol. The molecule has 0 unspecified atom stereocenters. The first kappa shape index (κ1) is 19.8. The monoisotopic (exact) mass is 318 g/mol. The Hall–Kier alpha value is -1.22. The van der Waals surface area contributed by atoms with Crippen LogP contribution >= 0.6 is 0 Å². The summed E-state index contributed by atoms with van der Waals surface area (Å²) in [5, 5.41) is 11.1. The number of rotatable bonds is 13. The lowest BCUT2D eigenvalue weighted by atomic mass is 9.96. The molecule has 0 aromatic rings. The molecular weight excluding hydrogens is 284 g/mol. The van der Waals surface area contributed by atoms with Crippen LogP contribution in [-0.2, 0) is 4.79 Å². The highest BCUT2D eigenvalue weighted by molar-refractivity contribution is 6.32. The number of nitrogens with one attached hydrogen (secondary N) is 2. The summed E-state index contributed by atoms with van der Waals surface area (Å²) in [5.41, 5.74) is 2.60. The van der Waals surface area contributed by atoms with Gasteiger partial charge in [0.15, 0.2) is 6.29 Å². The molecule has 0 aromatic heterocycles. The molecule has 2 N–H and O–H groups in total. The van der Waals surface area contributed by atoms with Crippen LogP contribution in [0.2, 0.25) is 0 Å². The van der Waals surface area contributed by atoms with Gasteiger partial charge >= 0.3 is 0 Å². The minimum Gasteiger partial charge on any atom is -0.316 e. The first-order valence-electron chi connectivity index (χ1n) is 9.20. The van der Waals surface area contributed by atoms with Gasteiger partial charge in [-0.3, -0.25) is 10.2 Å². The van der Waals surface area contributed by atoms with Crippen LogP contribution in [0.3, 0.4) is 0 Å². The Labute approximate surface area is 142 Å². The first-order valence-corrected chi connectivity index (χ1v) is 9.20. The number of carbonyl (C=O) groups is 1. The van der Waals surface area contributed by atoms with E-state index in [9.17, 15) is 4.79 Å². The van der Waals surface area contributed by atoms with Crippen LogP contribution in [0.15, 0.2) is 23.3 Å². The molecule has 0 atom stereocenters. The van der Waals surface area contributed by atoms with Crippen molar-refractivity contribution in [1.29, 1.82) is 5.41 Å². The molecule has 3 nitrogen and oxygen atoms in total. The van der Waals surface area contributed by atoms with Crippen molar-refractivity contribution in [3.05, 3.63) is 23.3 Å². The molecule has 1 aliphatic rings. The van der Waals surface area contributed by atoms with E-state index in [1.807, 2.05) is 0 Å². The van der Waals surface area contributed by atoms with Crippen molar-refractivity contribution in [3.8, 4) is 0 Å². The van der Waals surface area contributed by atoms with Gasteiger partial charge < -0.3 is 5.32 Å². The molecule has 0 amide bonds. The van der Waals surface area contributed by atoms with E-state index in [-0.39, 0.29) is 5.71 Å². The average molecular weight is 319 g/mol. The molecule has 23 heavy (non-hydrogen) atoms. The van der Waals surface area contributed by atoms with Gasteiger partial charge in [-0.05, 0) is 74.8 Å². The minimum absolute atomic E-state index is 0.0874. The zero-order valence-electron chi connectivity index (χ0n) is 15.2. The standard InChI is InChI=1S/C20H34N2O/c1-4-17(20(18-9-10-18)14-19(21)15-23)11-13-22-12-7-5-6-8-16(2)3/h4,14-16,18,21-22H,5-13H2,1-3H3/b17-4-,20-14+,21-19?. The third-order valence-electron chi connectivity index (χ3n) is 4.38. The lowest BCUT2D eigenvalue weighted by molar-refractivity contribution is -0.102. The van der Waals surface area contributed by atoms with Gasteiger partial charge in [0.25, 0.3) is 0 Å². The molecule has 1 fully saturated rings. The Bertz CT molecular complexity index is 431. The maximum Gasteiger partial charge on any atom is 0.167 e. The van der Waals surface area contributed by atoms with Crippen LogP contribution in [0.4, 0.5) is 0 Å². The van der Waals surface area contributed by atoms with E-state index in [0.29, 0.717) is 12.2 Å². The van der Waals surface area contributed by atoms with Crippen molar-refractivity contribution in [2.75, 3.05) is 13.1 Å². The molecule has 1 saturated carbocycles. The highest BCUT2D eigenvalue weighted by Crippen LogP contribution is 2.40. The average Bonchev–Trinajstić information content (AvgIpc) is 3.36. The van der Waals surface area contributed by atoms with Gasteiger partial charge in [-0.1, -0.05) is 39.2 Å². The van der Waals surface area contributed by atoms with E-state index >= 15 is 0 Å². The van der Waals surface area contributed by atoms with Gasteiger partial charge in [-0.2, -0.15) is 0 Å². The van der Waals surface area contributed by atoms with Gasteiger partial charge in [0.1, 0.15) is 0 Å². The fraction of sp³-hybridized carbons (Fsp3) is 0.700. The quantitative estimate of drug-likeness (QED) is 0.224. The second-order valence-corrected chi connectivity index (χ2v) is 7.00. The zero-order valence-corrected chi connectivity index (χ0v) is 15.2.